The number of benzene rings is 2. The number of azo groups is 1. The van der Waals surface area contributed by atoms with Crippen molar-refractivity contribution in [1.29, 1.82) is 0 Å². The van der Waals surface area contributed by atoms with Crippen LogP contribution in [0.1, 0.15) is 16.7 Å². The number of fused-ring (bicyclic) bond motifs is 2. The van der Waals surface area contributed by atoms with Gasteiger partial charge in [-0.2, -0.15) is 10.2 Å². The van der Waals surface area contributed by atoms with Crippen molar-refractivity contribution in [3.05, 3.63) is 59.2 Å². The van der Waals surface area contributed by atoms with Crippen LogP contribution in [0.15, 0.2) is 52.7 Å². The molecule has 3 heteroatoms. The molecule has 0 amide bonds. The van der Waals surface area contributed by atoms with E-state index in [1.54, 1.807) is 0 Å². The summed E-state index contributed by atoms with van der Waals surface area (Å²) in [6, 6.07) is 14.6. The van der Waals surface area contributed by atoms with Gasteiger partial charge in [0.15, 0.2) is 0 Å². The molecule has 0 aromatic heterocycles. The molecule has 0 unspecified atom stereocenters. The summed E-state index contributed by atoms with van der Waals surface area (Å²) < 4.78 is 0. The van der Waals surface area contributed by atoms with Gasteiger partial charge >= 0.3 is 0 Å². The van der Waals surface area contributed by atoms with Gasteiger partial charge in [-0.25, -0.2) is 0 Å². The van der Waals surface area contributed by atoms with Crippen molar-refractivity contribution in [3.63, 3.8) is 0 Å². The summed E-state index contributed by atoms with van der Waals surface area (Å²) >= 11 is 3.53. The molecule has 1 heterocycles. The average Bonchev–Trinajstić information content (AvgIpc) is 2.76. The van der Waals surface area contributed by atoms with Crippen LogP contribution in [0.5, 0.6) is 0 Å². The molecular formula is C14H11BrN2. The topological polar surface area (TPSA) is 24.7 Å². The first-order valence-electron chi connectivity index (χ1n) is 5.54. The van der Waals surface area contributed by atoms with Crippen LogP contribution in [0.25, 0.3) is 0 Å². The highest BCUT2D eigenvalue weighted by Gasteiger charge is 2.10. The van der Waals surface area contributed by atoms with Gasteiger partial charge in [0.1, 0.15) is 0 Å². The molecule has 17 heavy (non-hydrogen) atoms. The molecule has 0 spiro atoms. The summed E-state index contributed by atoms with van der Waals surface area (Å²) in [6.45, 7) is 0. The zero-order chi connectivity index (χ0) is 11.7. The predicted molar refractivity (Wildman–Crippen MR) is 72.5 cm³/mol. The van der Waals surface area contributed by atoms with Crippen LogP contribution in [0, 0.1) is 0 Å². The van der Waals surface area contributed by atoms with E-state index in [1.165, 1.54) is 16.7 Å². The second kappa shape index (κ2) is 4.41. The highest BCUT2D eigenvalue weighted by Crippen LogP contribution is 2.34. The van der Waals surface area contributed by atoms with Gasteiger partial charge in [0.05, 0.1) is 11.4 Å². The highest BCUT2D eigenvalue weighted by molar-refractivity contribution is 9.08. The molecule has 0 N–H and O–H groups in total. The van der Waals surface area contributed by atoms with Gasteiger partial charge in [-0.05, 0) is 35.2 Å². The Morgan fingerprint density at radius 3 is 2.53 bits per heavy atom. The maximum atomic E-state index is 4.17. The lowest BCUT2D eigenvalue weighted by molar-refractivity contribution is 1.14. The zero-order valence-electron chi connectivity index (χ0n) is 9.23. The number of halogens is 1. The molecule has 2 aromatic rings. The van der Waals surface area contributed by atoms with Crippen molar-refractivity contribution < 1.29 is 0 Å². The van der Waals surface area contributed by atoms with E-state index in [2.05, 4.69) is 56.5 Å². The van der Waals surface area contributed by atoms with Crippen LogP contribution in [0.4, 0.5) is 11.4 Å². The molecule has 0 fully saturated rings. The van der Waals surface area contributed by atoms with Crippen molar-refractivity contribution in [3.8, 4) is 0 Å². The van der Waals surface area contributed by atoms with Crippen molar-refractivity contribution in [2.45, 2.75) is 11.8 Å². The van der Waals surface area contributed by atoms with Crippen molar-refractivity contribution in [2.24, 2.45) is 10.2 Å². The standard InChI is InChI=1S/C14H11BrN2/c15-9-12-4-2-1-3-10(12)7-11-5-6-13-8-14(11)17-16-13/h1-6,8H,7,9H2. The Balaban J connectivity index is 1.96. The third-order valence-electron chi connectivity index (χ3n) is 2.99. The number of hydrogen-bond donors (Lipinski definition) is 0. The van der Waals surface area contributed by atoms with Crippen LogP contribution in [-0.2, 0) is 11.8 Å². The smallest absolute Gasteiger partial charge is 0.0914 e. The van der Waals surface area contributed by atoms with Crippen LogP contribution in [0.3, 0.4) is 0 Å². The maximum absolute atomic E-state index is 4.17. The average molecular weight is 287 g/mol. The Morgan fingerprint density at radius 1 is 0.882 bits per heavy atom. The van der Waals surface area contributed by atoms with E-state index in [1.807, 2.05) is 12.1 Å². The second-order valence-corrected chi connectivity index (χ2v) is 4.65. The molecule has 1 aliphatic heterocycles. The summed E-state index contributed by atoms with van der Waals surface area (Å²) in [5, 5.41) is 9.12. The lowest BCUT2D eigenvalue weighted by Gasteiger charge is -2.07. The molecule has 2 nitrogen and oxygen atoms in total. The Morgan fingerprint density at radius 2 is 1.71 bits per heavy atom. The van der Waals surface area contributed by atoms with E-state index < -0.39 is 0 Å². The molecule has 0 atom stereocenters. The fourth-order valence-electron chi connectivity index (χ4n) is 2.03. The first kappa shape index (κ1) is 10.7. The van der Waals surface area contributed by atoms with Gasteiger partial charge in [-0.15, -0.1) is 0 Å². The van der Waals surface area contributed by atoms with Gasteiger partial charge in [0.25, 0.3) is 0 Å². The fourth-order valence-corrected chi connectivity index (χ4v) is 2.58. The van der Waals surface area contributed by atoms with Gasteiger partial charge < -0.3 is 0 Å². The molecule has 0 saturated heterocycles. The SMILES string of the molecule is BrCc1ccccc1Cc1ccc2cc1N=N2. The molecule has 3 rings (SSSR count). The minimum Gasteiger partial charge on any atom is -0.150 e. The monoisotopic (exact) mass is 286 g/mol. The molecule has 0 aliphatic carbocycles. The van der Waals surface area contributed by atoms with Gasteiger partial charge in [0, 0.05) is 5.33 Å². The van der Waals surface area contributed by atoms with E-state index in [0.29, 0.717) is 0 Å². The summed E-state index contributed by atoms with van der Waals surface area (Å²) in [5.74, 6) is 0. The van der Waals surface area contributed by atoms with Crippen molar-refractivity contribution in [1.82, 2.24) is 0 Å². The number of hydrogen-bond acceptors (Lipinski definition) is 2. The van der Waals surface area contributed by atoms with Crippen molar-refractivity contribution >= 4 is 27.3 Å². The normalized spacial score (nSPS) is 12.1. The van der Waals surface area contributed by atoms with Gasteiger partial charge in [0.2, 0.25) is 0 Å². The summed E-state index contributed by atoms with van der Waals surface area (Å²) in [6.07, 6.45) is 0.913. The van der Waals surface area contributed by atoms with Crippen LogP contribution in [0.2, 0.25) is 0 Å². The van der Waals surface area contributed by atoms with E-state index >= 15 is 0 Å². The third kappa shape index (κ3) is 2.03. The van der Waals surface area contributed by atoms with E-state index in [-0.39, 0.29) is 0 Å². The first-order valence-corrected chi connectivity index (χ1v) is 6.66. The van der Waals surface area contributed by atoms with E-state index in [9.17, 15) is 0 Å². The summed E-state index contributed by atoms with van der Waals surface area (Å²) in [5.41, 5.74) is 5.88. The van der Waals surface area contributed by atoms with Crippen LogP contribution in [-0.4, -0.2) is 0 Å². The van der Waals surface area contributed by atoms with Crippen LogP contribution >= 0.6 is 15.9 Å². The summed E-state index contributed by atoms with van der Waals surface area (Å²) in [7, 11) is 0. The second-order valence-electron chi connectivity index (χ2n) is 4.09. The number of nitrogens with zero attached hydrogens (tertiary/aromatic N) is 2. The molecule has 0 radical (unpaired) electrons. The zero-order valence-corrected chi connectivity index (χ0v) is 10.8. The first-order chi connectivity index (χ1) is 8.36. The third-order valence-corrected chi connectivity index (χ3v) is 3.59. The van der Waals surface area contributed by atoms with Crippen molar-refractivity contribution in [2.75, 3.05) is 0 Å². The predicted octanol–water partition coefficient (Wildman–Crippen LogP) is 4.90. The minimum absolute atomic E-state index is 0.887. The molecule has 1 aliphatic rings. The van der Waals surface area contributed by atoms with E-state index in [4.69, 9.17) is 0 Å². The fraction of sp³-hybridized carbons (Fsp3) is 0.143. The Labute approximate surface area is 109 Å². The lowest BCUT2D eigenvalue weighted by atomic mass is 9.99. The van der Waals surface area contributed by atoms with Crippen LogP contribution < -0.4 is 0 Å². The molecule has 2 bridgehead atoms. The number of alkyl halides is 1. The Hall–Kier alpha value is -1.48. The molecule has 0 saturated carbocycles. The van der Waals surface area contributed by atoms with Gasteiger partial charge in [-0.3, -0.25) is 0 Å². The Kier molecular flexibility index (Phi) is 2.77. The minimum atomic E-state index is 0.887. The quantitative estimate of drug-likeness (QED) is 0.612. The Bertz CT molecular complexity index is 591. The lowest BCUT2D eigenvalue weighted by Crippen LogP contribution is -1.93. The maximum Gasteiger partial charge on any atom is 0.0914 e. The van der Waals surface area contributed by atoms with E-state index in [0.717, 1.165) is 23.1 Å². The highest BCUT2D eigenvalue weighted by atomic mass is 79.9. The molecule has 84 valence electrons. The summed E-state index contributed by atoms with van der Waals surface area (Å²) in [4.78, 5) is 0. The molecule has 2 aromatic carbocycles. The largest absolute Gasteiger partial charge is 0.150 e. The van der Waals surface area contributed by atoms with Gasteiger partial charge in [-0.1, -0.05) is 46.3 Å². The number of rotatable bonds is 3. The molecular weight excluding hydrogens is 276 g/mol.